The van der Waals surface area contributed by atoms with Gasteiger partial charge < -0.3 is 14.8 Å². The van der Waals surface area contributed by atoms with Crippen molar-refractivity contribution >= 4 is 5.69 Å². The van der Waals surface area contributed by atoms with E-state index in [-0.39, 0.29) is 18.7 Å². The first-order valence-corrected chi connectivity index (χ1v) is 6.61. The van der Waals surface area contributed by atoms with Gasteiger partial charge in [0.2, 0.25) is 6.79 Å². The smallest absolute Gasteiger partial charge is 0.231 e. The second-order valence-corrected chi connectivity index (χ2v) is 4.94. The standard InChI is InChI=1S/C16H16FNO2/c1-11(8-12-2-4-13(17)5-3-12)18-14-6-7-15-16(9-14)20-10-19-15/h2-7,9,11,18H,8,10H2,1H3. The van der Waals surface area contributed by atoms with Gasteiger partial charge in [0.15, 0.2) is 11.5 Å². The molecule has 1 aliphatic heterocycles. The molecule has 3 nitrogen and oxygen atoms in total. The summed E-state index contributed by atoms with van der Waals surface area (Å²) in [5.41, 5.74) is 2.09. The van der Waals surface area contributed by atoms with Crippen molar-refractivity contribution in [3.05, 3.63) is 53.8 Å². The Hall–Kier alpha value is -2.23. The molecule has 0 amide bonds. The summed E-state index contributed by atoms with van der Waals surface area (Å²) in [5, 5.41) is 3.41. The van der Waals surface area contributed by atoms with Crippen LogP contribution in [0.4, 0.5) is 10.1 Å². The Balaban J connectivity index is 1.63. The van der Waals surface area contributed by atoms with Crippen molar-refractivity contribution in [3.8, 4) is 11.5 Å². The molecule has 0 aromatic heterocycles. The molecule has 104 valence electrons. The summed E-state index contributed by atoms with van der Waals surface area (Å²) in [7, 11) is 0. The lowest BCUT2D eigenvalue weighted by Crippen LogP contribution is -2.17. The molecule has 3 rings (SSSR count). The second kappa shape index (κ2) is 5.41. The summed E-state index contributed by atoms with van der Waals surface area (Å²) in [5.74, 6) is 1.34. The van der Waals surface area contributed by atoms with E-state index in [1.807, 2.05) is 30.3 Å². The molecule has 0 bridgehead atoms. The summed E-state index contributed by atoms with van der Waals surface area (Å²) in [4.78, 5) is 0. The van der Waals surface area contributed by atoms with Crippen LogP contribution in [-0.4, -0.2) is 12.8 Å². The van der Waals surface area contributed by atoms with Crippen LogP contribution < -0.4 is 14.8 Å². The Labute approximate surface area is 117 Å². The van der Waals surface area contributed by atoms with Crippen LogP contribution in [0.3, 0.4) is 0 Å². The van der Waals surface area contributed by atoms with Crippen LogP contribution in [-0.2, 0) is 6.42 Å². The molecule has 0 radical (unpaired) electrons. The van der Waals surface area contributed by atoms with E-state index in [1.54, 1.807) is 0 Å². The third kappa shape index (κ3) is 2.85. The normalized spacial score (nSPS) is 14.1. The first-order chi connectivity index (χ1) is 9.70. The van der Waals surface area contributed by atoms with Crippen LogP contribution in [0.15, 0.2) is 42.5 Å². The van der Waals surface area contributed by atoms with Gasteiger partial charge in [0.25, 0.3) is 0 Å². The van der Waals surface area contributed by atoms with Gasteiger partial charge in [0, 0.05) is 17.8 Å². The maximum atomic E-state index is 12.9. The largest absolute Gasteiger partial charge is 0.454 e. The Morgan fingerprint density at radius 2 is 1.85 bits per heavy atom. The first-order valence-electron chi connectivity index (χ1n) is 6.61. The molecule has 2 aromatic rings. The second-order valence-electron chi connectivity index (χ2n) is 4.94. The average molecular weight is 273 g/mol. The van der Waals surface area contributed by atoms with Gasteiger partial charge in [-0.15, -0.1) is 0 Å². The van der Waals surface area contributed by atoms with Crippen molar-refractivity contribution in [2.24, 2.45) is 0 Å². The molecule has 0 saturated carbocycles. The van der Waals surface area contributed by atoms with E-state index in [0.29, 0.717) is 0 Å². The molecule has 1 aliphatic rings. The number of halogens is 1. The third-order valence-corrected chi connectivity index (χ3v) is 3.24. The molecular weight excluding hydrogens is 257 g/mol. The summed E-state index contributed by atoms with van der Waals surface area (Å²) in [6.07, 6.45) is 0.828. The van der Waals surface area contributed by atoms with Gasteiger partial charge in [-0.25, -0.2) is 4.39 Å². The minimum atomic E-state index is -0.204. The number of hydrogen-bond acceptors (Lipinski definition) is 3. The maximum absolute atomic E-state index is 12.9. The van der Waals surface area contributed by atoms with Gasteiger partial charge in [-0.2, -0.15) is 0 Å². The Bertz CT molecular complexity index is 598. The van der Waals surface area contributed by atoms with Crippen molar-refractivity contribution in [3.63, 3.8) is 0 Å². The monoisotopic (exact) mass is 273 g/mol. The molecule has 0 aliphatic carbocycles. The van der Waals surface area contributed by atoms with Gasteiger partial charge >= 0.3 is 0 Å². The van der Waals surface area contributed by atoms with Crippen molar-refractivity contribution < 1.29 is 13.9 Å². The molecule has 1 heterocycles. The van der Waals surface area contributed by atoms with Gasteiger partial charge in [-0.1, -0.05) is 12.1 Å². The summed E-state index contributed by atoms with van der Waals surface area (Å²) < 4.78 is 23.5. The molecule has 0 spiro atoms. The van der Waals surface area contributed by atoms with E-state index in [0.717, 1.165) is 29.2 Å². The van der Waals surface area contributed by atoms with Crippen LogP contribution in [0.25, 0.3) is 0 Å². The first kappa shape index (κ1) is 12.8. The molecule has 0 fully saturated rings. The van der Waals surface area contributed by atoms with Gasteiger partial charge in [0.05, 0.1) is 0 Å². The number of rotatable bonds is 4. The lowest BCUT2D eigenvalue weighted by Gasteiger charge is -2.15. The predicted octanol–water partition coefficient (Wildman–Crippen LogP) is 3.60. The van der Waals surface area contributed by atoms with E-state index in [2.05, 4.69) is 12.2 Å². The van der Waals surface area contributed by atoms with E-state index < -0.39 is 0 Å². The number of ether oxygens (including phenoxy) is 2. The number of benzene rings is 2. The number of anilines is 1. The average Bonchev–Trinajstić information content (AvgIpc) is 2.89. The molecule has 4 heteroatoms. The molecule has 1 unspecified atom stereocenters. The molecule has 0 saturated heterocycles. The predicted molar refractivity (Wildman–Crippen MR) is 75.8 cm³/mol. The molecule has 1 N–H and O–H groups in total. The van der Waals surface area contributed by atoms with Crippen molar-refractivity contribution in [2.75, 3.05) is 12.1 Å². The lowest BCUT2D eigenvalue weighted by atomic mass is 10.1. The van der Waals surface area contributed by atoms with Crippen LogP contribution in [0, 0.1) is 5.82 Å². The summed E-state index contributed by atoms with van der Waals surface area (Å²) >= 11 is 0. The fraction of sp³-hybridized carbons (Fsp3) is 0.250. The zero-order chi connectivity index (χ0) is 13.9. The van der Waals surface area contributed by atoms with Crippen LogP contribution >= 0.6 is 0 Å². The lowest BCUT2D eigenvalue weighted by molar-refractivity contribution is 0.174. The van der Waals surface area contributed by atoms with Crippen molar-refractivity contribution in [1.29, 1.82) is 0 Å². The topological polar surface area (TPSA) is 30.5 Å². The highest BCUT2D eigenvalue weighted by molar-refractivity contribution is 5.56. The van der Waals surface area contributed by atoms with Gasteiger partial charge in [-0.05, 0) is 43.2 Å². The van der Waals surface area contributed by atoms with Gasteiger partial charge in [-0.3, -0.25) is 0 Å². The van der Waals surface area contributed by atoms with Crippen LogP contribution in [0.5, 0.6) is 11.5 Å². The van der Waals surface area contributed by atoms with E-state index in [1.165, 1.54) is 12.1 Å². The van der Waals surface area contributed by atoms with Crippen molar-refractivity contribution in [2.45, 2.75) is 19.4 Å². The molecular formula is C16H16FNO2. The Morgan fingerprint density at radius 1 is 1.10 bits per heavy atom. The highest BCUT2D eigenvalue weighted by Gasteiger charge is 2.14. The number of fused-ring (bicyclic) bond motifs is 1. The minimum Gasteiger partial charge on any atom is -0.454 e. The Morgan fingerprint density at radius 3 is 2.65 bits per heavy atom. The highest BCUT2D eigenvalue weighted by Crippen LogP contribution is 2.34. The quantitative estimate of drug-likeness (QED) is 0.923. The van der Waals surface area contributed by atoms with Gasteiger partial charge in [0.1, 0.15) is 5.82 Å². The Kier molecular flexibility index (Phi) is 3.46. The molecule has 2 aromatic carbocycles. The summed E-state index contributed by atoms with van der Waals surface area (Å²) in [6, 6.07) is 12.6. The zero-order valence-corrected chi connectivity index (χ0v) is 11.2. The number of nitrogens with one attached hydrogen (secondary N) is 1. The fourth-order valence-electron chi connectivity index (χ4n) is 2.30. The summed E-state index contributed by atoms with van der Waals surface area (Å²) in [6.45, 7) is 2.37. The third-order valence-electron chi connectivity index (χ3n) is 3.24. The van der Waals surface area contributed by atoms with Crippen molar-refractivity contribution in [1.82, 2.24) is 0 Å². The van der Waals surface area contributed by atoms with E-state index in [4.69, 9.17) is 9.47 Å². The molecule has 1 atom stereocenters. The maximum Gasteiger partial charge on any atom is 0.231 e. The van der Waals surface area contributed by atoms with Crippen LogP contribution in [0.1, 0.15) is 12.5 Å². The highest BCUT2D eigenvalue weighted by atomic mass is 19.1. The fourth-order valence-corrected chi connectivity index (χ4v) is 2.30. The SMILES string of the molecule is CC(Cc1ccc(F)cc1)Nc1ccc2c(c1)OCO2. The molecule has 20 heavy (non-hydrogen) atoms. The zero-order valence-electron chi connectivity index (χ0n) is 11.2. The number of hydrogen-bond donors (Lipinski definition) is 1. The van der Waals surface area contributed by atoms with E-state index >= 15 is 0 Å². The van der Waals surface area contributed by atoms with E-state index in [9.17, 15) is 4.39 Å². The minimum absolute atomic E-state index is 0.204. The van der Waals surface area contributed by atoms with Crippen LogP contribution in [0.2, 0.25) is 0 Å².